The van der Waals surface area contributed by atoms with Gasteiger partial charge < -0.3 is 14.8 Å². The molecule has 118 valence electrons. The van der Waals surface area contributed by atoms with Crippen LogP contribution in [0.25, 0.3) is 0 Å². The Balaban J connectivity index is 2.60. The van der Waals surface area contributed by atoms with Gasteiger partial charge in [0.15, 0.2) is 0 Å². The van der Waals surface area contributed by atoms with E-state index in [9.17, 15) is 4.79 Å². The molecular weight excluding hydrogens is 266 g/mol. The summed E-state index contributed by atoms with van der Waals surface area (Å²) in [4.78, 5) is 12.3. The summed E-state index contributed by atoms with van der Waals surface area (Å²) in [5.41, 5.74) is -0.0346. The fraction of sp³-hybridized carbons (Fsp3) is 0.588. The van der Waals surface area contributed by atoms with Gasteiger partial charge >= 0.3 is 0 Å². The van der Waals surface area contributed by atoms with Crippen LogP contribution < -0.4 is 10.1 Å². The molecule has 4 heteroatoms. The monoisotopic (exact) mass is 293 g/mol. The number of ether oxygens (including phenoxy) is 2. The van der Waals surface area contributed by atoms with Gasteiger partial charge in [-0.25, -0.2) is 0 Å². The standard InChI is InChI=1S/C17H27NO3/c1-5-8-13-20-15-11-9-14(10-12-15)18-16(19)17(4,6-2)21-7-3/h9-12H,5-8,13H2,1-4H3,(H,18,19)/t17-/m1/s1. The van der Waals surface area contributed by atoms with Gasteiger partial charge in [0.05, 0.1) is 6.61 Å². The van der Waals surface area contributed by atoms with Crippen LogP contribution in [0.15, 0.2) is 24.3 Å². The van der Waals surface area contributed by atoms with E-state index >= 15 is 0 Å². The summed E-state index contributed by atoms with van der Waals surface area (Å²) >= 11 is 0. The van der Waals surface area contributed by atoms with Crippen molar-refractivity contribution in [1.82, 2.24) is 0 Å². The zero-order chi connectivity index (χ0) is 15.7. The molecule has 0 radical (unpaired) electrons. The maximum absolute atomic E-state index is 12.3. The van der Waals surface area contributed by atoms with Gasteiger partial charge in [0.2, 0.25) is 0 Å². The molecule has 0 unspecified atom stereocenters. The van der Waals surface area contributed by atoms with Gasteiger partial charge in [0.25, 0.3) is 5.91 Å². The highest BCUT2D eigenvalue weighted by Gasteiger charge is 2.31. The van der Waals surface area contributed by atoms with Crippen molar-refractivity contribution in [2.24, 2.45) is 0 Å². The molecule has 4 nitrogen and oxygen atoms in total. The molecule has 1 atom stereocenters. The maximum Gasteiger partial charge on any atom is 0.256 e. The lowest BCUT2D eigenvalue weighted by atomic mass is 10.0. The van der Waals surface area contributed by atoms with E-state index in [4.69, 9.17) is 9.47 Å². The van der Waals surface area contributed by atoms with E-state index in [1.54, 1.807) is 0 Å². The second kappa shape index (κ2) is 8.67. The molecule has 1 aromatic carbocycles. The summed E-state index contributed by atoms with van der Waals surface area (Å²) in [7, 11) is 0. The Morgan fingerprint density at radius 2 is 1.86 bits per heavy atom. The fourth-order valence-corrected chi connectivity index (χ4v) is 1.88. The summed E-state index contributed by atoms with van der Waals surface area (Å²) in [6.45, 7) is 9.02. The number of amides is 1. The van der Waals surface area contributed by atoms with Crippen molar-refractivity contribution in [1.29, 1.82) is 0 Å². The van der Waals surface area contributed by atoms with Gasteiger partial charge in [-0.2, -0.15) is 0 Å². The lowest BCUT2D eigenvalue weighted by Gasteiger charge is -2.26. The first-order chi connectivity index (χ1) is 10.1. The van der Waals surface area contributed by atoms with E-state index in [-0.39, 0.29) is 5.91 Å². The fourth-order valence-electron chi connectivity index (χ4n) is 1.88. The molecule has 0 spiro atoms. The van der Waals surface area contributed by atoms with Gasteiger partial charge in [-0.3, -0.25) is 4.79 Å². The van der Waals surface area contributed by atoms with Crippen LogP contribution in [0.4, 0.5) is 5.69 Å². The number of anilines is 1. The molecule has 0 saturated carbocycles. The van der Waals surface area contributed by atoms with E-state index in [0.717, 1.165) is 30.9 Å². The summed E-state index contributed by atoms with van der Waals surface area (Å²) < 4.78 is 11.2. The third-order valence-electron chi connectivity index (χ3n) is 3.50. The van der Waals surface area contributed by atoms with E-state index in [2.05, 4.69) is 12.2 Å². The minimum absolute atomic E-state index is 0.119. The Bertz CT molecular complexity index is 430. The Hall–Kier alpha value is -1.55. The van der Waals surface area contributed by atoms with E-state index in [0.29, 0.717) is 13.0 Å². The topological polar surface area (TPSA) is 47.6 Å². The van der Waals surface area contributed by atoms with Crippen molar-refractivity contribution in [2.45, 2.75) is 52.6 Å². The predicted molar refractivity (Wildman–Crippen MR) is 85.8 cm³/mol. The average molecular weight is 293 g/mol. The Kier molecular flexibility index (Phi) is 7.23. The smallest absolute Gasteiger partial charge is 0.256 e. The molecule has 0 aromatic heterocycles. The Labute approximate surface area is 127 Å². The second-order valence-electron chi connectivity index (χ2n) is 5.20. The second-order valence-corrected chi connectivity index (χ2v) is 5.20. The highest BCUT2D eigenvalue weighted by Crippen LogP contribution is 2.20. The molecular formula is C17H27NO3. The zero-order valence-electron chi connectivity index (χ0n) is 13.6. The molecule has 0 aliphatic rings. The average Bonchev–Trinajstić information content (AvgIpc) is 2.49. The van der Waals surface area contributed by atoms with Crippen molar-refractivity contribution in [2.75, 3.05) is 18.5 Å². The number of hydrogen-bond donors (Lipinski definition) is 1. The van der Waals surface area contributed by atoms with Crippen LogP contribution in [0.3, 0.4) is 0 Å². The van der Waals surface area contributed by atoms with Crippen molar-refractivity contribution in [3.63, 3.8) is 0 Å². The van der Waals surface area contributed by atoms with Crippen LogP contribution in [-0.2, 0) is 9.53 Å². The number of carbonyl (C=O) groups excluding carboxylic acids is 1. The SMILES string of the molecule is CCCCOc1ccc(NC(=O)[C@@](C)(CC)OCC)cc1. The van der Waals surface area contributed by atoms with Crippen LogP contribution in [0.1, 0.15) is 47.0 Å². The molecule has 0 aliphatic carbocycles. The molecule has 0 saturated heterocycles. The first-order valence-corrected chi connectivity index (χ1v) is 7.74. The molecule has 0 bridgehead atoms. The third kappa shape index (κ3) is 5.38. The predicted octanol–water partition coefficient (Wildman–Crippen LogP) is 4.01. The molecule has 1 N–H and O–H groups in total. The third-order valence-corrected chi connectivity index (χ3v) is 3.50. The van der Waals surface area contributed by atoms with Gasteiger partial charge in [0.1, 0.15) is 11.4 Å². The first-order valence-electron chi connectivity index (χ1n) is 7.74. The van der Waals surface area contributed by atoms with Crippen molar-refractivity contribution < 1.29 is 14.3 Å². The zero-order valence-corrected chi connectivity index (χ0v) is 13.6. The summed E-state index contributed by atoms with van der Waals surface area (Å²) in [6, 6.07) is 7.44. The number of carbonyl (C=O) groups is 1. The highest BCUT2D eigenvalue weighted by atomic mass is 16.5. The van der Waals surface area contributed by atoms with Gasteiger partial charge in [-0.1, -0.05) is 20.3 Å². The van der Waals surface area contributed by atoms with Crippen LogP contribution >= 0.6 is 0 Å². The minimum atomic E-state index is -0.787. The van der Waals surface area contributed by atoms with Crippen molar-refractivity contribution in [3.05, 3.63) is 24.3 Å². The van der Waals surface area contributed by atoms with E-state index in [1.165, 1.54) is 0 Å². The van der Waals surface area contributed by atoms with Crippen LogP contribution in [0.2, 0.25) is 0 Å². The lowest BCUT2D eigenvalue weighted by Crippen LogP contribution is -2.42. The van der Waals surface area contributed by atoms with Crippen molar-refractivity contribution in [3.8, 4) is 5.75 Å². The van der Waals surface area contributed by atoms with Crippen LogP contribution in [0.5, 0.6) is 5.75 Å². The highest BCUT2D eigenvalue weighted by molar-refractivity contribution is 5.97. The molecule has 0 fully saturated rings. The summed E-state index contributed by atoms with van der Waals surface area (Å²) in [6.07, 6.45) is 2.79. The van der Waals surface area contributed by atoms with Gasteiger partial charge in [-0.15, -0.1) is 0 Å². The molecule has 1 rings (SSSR count). The quantitative estimate of drug-likeness (QED) is 0.700. The largest absolute Gasteiger partial charge is 0.494 e. The Morgan fingerprint density at radius 1 is 1.19 bits per heavy atom. The van der Waals surface area contributed by atoms with E-state index < -0.39 is 5.60 Å². The molecule has 0 aliphatic heterocycles. The number of hydrogen-bond acceptors (Lipinski definition) is 3. The normalized spacial score (nSPS) is 13.5. The summed E-state index contributed by atoms with van der Waals surface area (Å²) in [5.74, 6) is 0.705. The minimum Gasteiger partial charge on any atom is -0.494 e. The maximum atomic E-state index is 12.3. The number of unbranched alkanes of at least 4 members (excludes halogenated alkanes) is 1. The number of benzene rings is 1. The van der Waals surface area contributed by atoms with E-state index in [1.807, 2.05) is 45.0 Å². The number of nitrogens with one attached hydrogen (secondary N) is 1. The Morgan fingerprint density at radius 3 is 2.38 bits per heavy atom. The molecule has 1 aromatic rings. The van der Waals surface area contributed by atoms with Crippen LogP contribution in [-0.4, -0.2) is 24.7 Å². The molecule has 0 heterocycles. The first kappa shape index (κ1) is 17.5. The van der Waals surface area contributed by atoms with Crippen molar-refractivity contribution >= 4 is 11.6 Å². The molecule has 1 amide bonds. The van der Waals surface area contributed by atoms with Gasteiger partial charge in [-0.05, 0) is 51.0 Å². The number of rotatable bonds is 9. The lowest BCUT2D eigenvalue weighted by molar-refractivity contribution is -0.139. The summed E-state index contributed by atoms with van der Waals surface area (Å²) in [5, 5.41) is 2.89. The molecule has 21 heavy (non-hydrogen) atoms. The van der Waals surface area contributed by atoms with Gasteiger partial charge in [0, 0.05) is 12.3 Å². The van der Waals surface area contributed by atoms with Crippen LogP contribution in [0, 0.1) is 0 Å².